The first-order valence-corrected chi connectivity index (χ1v) is 5.05. The minimum Gasteiger partial charge on any atom is -0.415 e. The van der Waals surface area contributed by atoms with E-state index in [2.05, 4.69) is 20.9 Å². The van der Waals surface area contributed by atoms with Gasteiger partial charge in [-0.15, -0.1) is 0 Å². The van der Waals surface area contributed by atoms with E-state index < -0.39 is 0 Å². The predicted molar refractivity (Wildman–Crippen MR) is 48.4 cm³/mol. The van der Waals surface area contributed by atoms with Gasteiger partial charge < -0.3 is 4.74 Å². The quantitative estimate of drug-likeness (QED) is 0.469. The molecule has 1 heterocycles. The molecule has 1 aliphatic heterocycles. The molecular weight excluding hydrogens is 222 g/mol. The van der Waals surface area contributed by atoms with Crippen molar-refractivity contribution in [2.75, 3.05) is 0 Å². The Bertz CT molecular complexity index is 229. The number of carbonyl (C=O) groups is 1. The number of carbonyl (C=O) groups excluding carboxylic acids is 1. The third kappa shape index (κ3) is 1.40. The summed E-state index contributed by atoms with van der Waals surface area (Å²) in [4.78, 5) is 15.8. The molecule has 0 amide bonds. The Balaban J connectivity index is 2.13. The molecule has 1 fully saturated rings. The van der Waals surface area contributed by atoms with Crippen molar-refractivity contribution >= 4 is 28.3 Å². The smallest absolute Gasteiger partial charge is 0.317 e. The summed E-state index contributed by atoms with van der Waals surface area (Å²) in [6.07, 6.45) is 4.25. The molecule has 0 aromatic heterocycles. The Morgan fingerprint density at radius 3 is 3.25 bits per heavy atom. The molecule has 0 N–H and O–H groups in total. The highest BCUT2D eigenvalue weighted by Gasteiger charge is 2.37. The molecule has 66 valence electrons. The number of alkyl halides is 1. The van der Waals surface area contributed by atoms with Gasteiger partial charge in [0.05, 0.1) is 12.0 Å². The summed E-state index contributed by atoms with van der Waals surface area (Å²) in [6, 6.07) is 0.181. The van der Waals surface area contributed by atoms with Crippen molar-refractivity contribution in [3.05, 3.63) is 0 Å². The van der Waals surface area contributed by atoms with E-state index >= 15 is 0 Å². The molecule has 3 unspecified atom stereocenters. The topological polar surface area (TPSA) is 38.7 Å². The van der Waals surface area contributed by atoms with Crippen LogP contribution in [0.25, 0.3) is 0 Å². The van der Waals surface area contributed by atoms with Crippen LogP contribution in [-0.2, 0) is 9.53 Å². The van der Waals surface area contributed by atoms with Crippen molar-refractivity contribution in [2.24, 2.45) is 10.9 Å². The van der Waals surface area contributed by atoms with Gasteiger partial charge in [0.2, 0.25) is 0 Å². The molecule has 3 nitrogen and oxygen atoms in total. The van der Waals surface area contributed by atoms with Gasteiger partial charge in [-0.05, 0) is 19.3 Å². The number of hydrogen-bond acceptors (Lipinski definition) is 3. The van der Waals surface area contributed by atoms with E-state index in [9.17, 15) is 4.79 Å². The second kappa shape index (κ2) is 3.17. The molecule has 1 aliphatic carbocycles. The zero-order chi connectivity index (χ0) is 8.55. The van der Waals surface area contributed by atoms with Crippen molar-refractivity contribution in [3.63, 3.8) is 0 Å². The fraction of sp³-hybridized carbons (Fsp3) is 0.750. The summed E-state index contributed by atoms with van der Waals surface area (Å²) in [5, 5.41) is 0. The molecular formula is C8H10BrNO2. The van der Waals surface area contributed by atoms with Gasteiger partial charge >= 0.3 is 5.97 Å². The van der Waals surface area contributed by atoms with Gasteiger partial charge in [0.1, 0.15) is 0 Å². The zero-order valence-electron chi connectivity index (χ0n) is 6.57. The monoisotopic (exact) mass is 231 g/mol. The van der Waals surface area contributed by atoms with Crippen LogP contribution < -0.4 is 0 Å². The van der Waals surface area contributed by atoms with Crippen molar-refractivity contribution in [2.45, 2.75) is 30.1 Å². The van der Waals surface area contributed by atoms with E-state index in [1.54, 1.807) is 0 Å². The predicted octanol–water partition coefficient (Wildman–Crippen LogP) is 1.50. The van der Waals surface area contributed by atoms with E-state index in [0.717, 1.165) is 19.3 Å². The van der Waals surface area contributed by atoms with Gasteiger partial charge in [-0.3, -0.25) is 9.79 Å². The molecule has 12 heavy (non-hydrogen) atoms. The van der Waals surface area contributed by atoms with Gasteiger partial charge in [-0.2, -0.15) is 0 Å². The minimum atomic E-state index is -0.112. The average molecular weight is 232 g/mol. The maximum absolute atomic E-state index is 11.2. The van der Waals surface area contributed by atoms with Crippen LogP contribution in [0.5, 0.6) is 0 Å². The lowest BCUT2D eigenvalue weighted by atomic mass is 9.84. The molecule has 2 aliphatic rings. The van der Waals surface area contributed by atoms with Crippen LogP contribution in [0, 0.1) is 5.92 Å². The largest absolute Gasteiger partial charge is 0.415 e. The van der Waals surface area contributed by atoms with E-state index in [1.165, 1.54) is 6.40 Å². The summed E-state index contributed by atoms with van der Waals surface area (Å²) < 4.78 is 4.74. The number of fused-ring (bicyclic) bond motifs is 1. The number of cyclic esters (lactones) is 1. The van der Waals surface area contributed by atoms with Gasteiger partial charge in [-0.1, -0.05) is 15.9 Å². The highest BCUT2D eigenvalue weighted by Crippen LogP contribution is 2.33. The molecule has 0 bridgehead atoms. The Kier molecular flexibility index (Phi) is 2.17. The fourth-order valence-electron chi connectivity index (χ4n) is 1.78. The first-order chi connectivity index (χ1) is 5.77. The molecule has 2 rings (SSSR count). The molecule has 0 aromatic rings. The lowest BCUT2D eigenvalue weighted by Gasteiger charge is -2.31. The number of ether oxygens (including phenoxy) is 1. The summed E-state index contributed by atoms with van der Waals surface area (Å²) in [5.74, 6) is -0.118. The number of nitrogens with zero attached hydrogens (tertiary/aromatic N) is 1. The van der Waals surface area contributed by atoms with E-state index in [0.29, 0.717) is 4.83 Å². The van der Waals surface area contributed by atoms with Gasteiger partial charge in [0.15, 0.2) is 6.40 Å². The highest BCUT2D eigenvalue weighted by atomic mass is 79.9. The maximum Gasteiger partial charge on any atom is 0.317 e. The average Bonchev–Trinajstić information content (AvgIpc) is 2.07. The van der Waals surface area contributed by atoms with Crippen LogP contribution in [0.3, 0.4) is 0 Å². The lowest BCUT2D eigenvalue weighted by molar-refractivity contribution is -0.142. The Hall–Kier alpha value is -0.380. The van der Waals surface area contributed by atoms with Crippen molar-refractivity contribution in [3.8, 4) is 0 Å². The molecule has 1 saturated carbocycles. The SMILES string of the molecule is O=C1OC=NC2CCC(Br)CC12. The Morgan fingerprint density at radius 2 is 2.42 bits per heavy atom. The zero-order valence-corrected chi connectivity index (χ0v) is 8.16. The summed E-state index contributed by atoms with van der Waals surface area (Å²) >= 11 is 3.52. The fourth-order valence-corrected chi connectivity index (χ4v) is 2.45. The highest BCUT2D eigenvalue weighted by molar-refractivity contribution is 9.09. The van der Waals surface area contributed by atoms with Crippen LogP contribution >= 0.6 is 15.9 Å². The summed E-state index contributed by atoms with van der Waals surface area (Å²) in [6.45, 7) is 0. The van der Waals surface area contributed by atoms with Crippen LogP contribution in [0.1, 0.15) is 19.3 Å². The number of esters is 1. The number of hydrogen-bond donors (Lipinski definition) is 0. The Morgan fingerprint density at radius 1 is 1.58 bits per heavy atom. The van der Waals surface area contributed by atoms with Crippen LogP contribution in [0.4, 0.5) is 0 Å². The second-order valence-electron chi connectivity index (χ2n) is 3.28. The minimum absolute atomic E-state index is 0.00637. The first kappa shape index (κ1) is 8.23. The normalized spacial score (nSPS) is 40.4. The van der Waals surface area contributed by atoms with Crippen LogP contribution in [0.15, 0.2) is 4.99 Å². The standard InChI is InChI=1S/C8H10BrNO2/c9-5-1-2-7-6(3-5)8(11)12-4-10-7/h4-7H,1-3H2. The van der Waals surface area contributed by atoms with Crippen LogP contribution in [0.2, 0.25) is 0 Å². The van der Waals surface area contributed by atoms with Gasteiger partial charge in [0.25, 0.3) is 0 Å². The third-order valence-electron chi connectivity index (χ3n) is 2.47. The van der Waals surface area contributed by atoms with Crippen molar-refractivity contribution < 1.29 is 9.53 Å². The molecule has 0 saturated heterocycles. The van der Waals surface area contributed by atoms with Gasteiger partial charge in [0, 0.05) is 4.83 Å². The van der Waals surface area contributed by atoms with Crippen molar-refractivity contribution in [1.82, 2.24) is 0 Å². The van der Waals surface area contributed by atoms with E-state index in [1.807, 2.05) is 0 Å². The lowest BCUT2D eigenvalue weighted by Crippen LogP contribution is -2.38. The third-order valence-corrected chi connectivity index (χ3v) is 3.31. The van der Waals surface area contributed by atoms with E-state index in [-0.39, 0.29) is 17.9 Å². The molecule has 0 radical (unpaired) electrons. The van der Waals surface area contributed by atoms with Crippen LogP contribution in [-0.4, -0.2) is 23.2 Å². The summed E-state index contributed by atoms with van der Waals surface area (Å²) in [7, 11) is 0. The van der Waals surface area contributed by atoms with Crippen molar-refractivity contribution in [1.29, 1.82) is 0 Å². The summed E-state index contributed by atoms with van der Waals surface area (Å²) in [5.41, 5.74) is 0. The van der Waals surface area contributed by atoms with E-state index in [4.69, 9.17) is 4.74 Å². The number of rotatable bonds is 0. The second-order valence-corrected chi connectivity index (χ2v) is 4.57. The number of aliphatic imine (C=N–C) groups is 1. The molecule has 4 heteroatoms. The molecule has 0 aromatic carbocycles. The van der Waals surface area contributed by atoms with Gasteiger partial charge in [-0.25, -0.2) is 0 Å². The molecule has 3 atom stereocenters. The molecule has 0 spiro atoms. The first-order valence-electron chi connectivity index (χ1n) is 4.13. The maximum atomic E-state index is 11.2. The Labute approximate surface area is 79.3 Å². The number of halogens is 1.